The van der Waals surface area contributed by atoms with Crippen molar-refractivity contribution in [2.45, 2.75) is 26.2 Å². The minimum Gasteiger partial charge on any atom is -0.299 e. The first-order valence-electron chi connectivity index (χ1n) is 6.45. The molecule has 0 N–H and O–H groups in total. The number of carbonyl (C=O) groups is 2. The Morgan fingerprint density at radius 3 is 2.61 bits per heavy atom. The Bertz CT molecular complexity index is 541. The van der Waals surface area contributed by atoms with Crippen LogP contribution in [0.3, 0.4) is 0 Å². The van der Waals surface area contributed by atoms with Crippen LogP contribution >= 0.6 is 0 Å². The molecule has 92 valence electrons. The topological polar surface area (TPSA) is 34.1 Å². The zero-order chi connectivity index (χ0) is 12.8. The SMILES string of the molecule is C[C@]12CC[C@H](C=C1C(=O)c1ccccc1)C(=O)C2. The van der Waals surface area contributed by atoms with Gasteiger partial charge in [-0.15, -0.1) is 0 Å². The Labute approximate surface area is 107 Å². The van der Waals surface area contributed by atoms with Gasteiger partial charge < -0.3 is 0 Å². The van der Waals surface area contributed by atoms with Crippen molar-refractivity contribution in [3.8, 4) is 0 Å². The zero-order valence-corrected chi connectivity index (χ0v) is 10.5. The van der Waals surface area contributed by atoms with Gasteiger partial charge in [-0.05, 0) is 12.8 Å². The fraction of sp³-hybridized carbons (Fsp3) is 0.375. The van der Waals surface area contributed by atoms with Gasteiger partial charge >= 0.3 is 0 Å². The van der Waals surface area contributed by atoms with Gasteiger partial charge in [0.15, 0.2) is 5.78 Å². The van der Waals surface area contributed by atoms with Crippen LogP contribution in [0.2, 0.25) is 0 Å². The first-order valence-corrected chi connectivity index (χ1v) is 6.45. The Hall–Kier alpha value is -1.70. The predicted octanol–water partition coefficient (Wildman–Crippen LogP) is 3.18. The van der Waals surface area contributed by atoms with E-state index in [1.807, 2.05) is 43.3 Å². The van der Waals surface area contributed by atoms with E-state index < -0.39 is 0 Å². The minimum absolute atomic E-state index is 0.0190. The molecule has 0 spiro atoms. The molecule has 2 bridgehead atoms. The predicted molar refractivity (Wildman–Crippen MR) is 69.3 cm³/mol. The molecule has 18 heavy (non-hydrogen) atoms. The molecule has 3 aliphatic rings. The molecule has 2 nitrogen and oxygen atoms in total. The van der Waals surface area contributed by atoms with Gasteiger partial charge in [0.1, 0.15) is 5.78 Å². The number of hydrogen-bond acceptors (Lipinski definition) is 2. The van der Waals surface area contributed by atoms with Crippen LogP contribution in [0.4, 0.5) is 0 Å². The lowest BCUT2D eigenvalue weighted by atomic mass is 9.60. The number of carbonyl (C=O) groups excluding carboxylic acids is 2. The van der Waals surface area contributed by atoms with Crippen LogP contribution in [-0.2, 0) is 4.79 Å². The van der Waals surface area contributed by atoms with Crippen LogP contribution in [-0.4, -0.2) is 11.6 Å². The van der Waals surface area contributed by atoms with Gasteiger partial charge in [-0.1, -0.05) is 43.3 Å². The highest BCUT2D eigenvalue weighted by atomic mass is 16.1. The molecule has 1 aromatic rings. The third-order valence-corrected chi connectivity index (χ3v) is 4.28. The molecule has 4 rings (SSSR count). The van der Waals surface area contributed by atoms with Crippen molar-refractivity contribution in [2.75, 3.05) is 0 Å². The molecule has 1 aromatic carbocycles. The molecule has 2 atom stereocenters. The van der Waals surface area contributed by atoms with E-state index in [1.165, 1.54) is 0 Å². The van der Waals surface area contributed by atoms with Crippen molar-refractivity contribution >= 4 is 11.6 Å². The fourth-order valence-electron chi connectivity index (χ4n) is 3.14. The Morgan fingerprint density at radius 2 is 2.00 bits per heavy atom. The first-order chi connectivity index (χ1) is 8.60. The molecule has 0 aromatic heterocycles. The van der Waals surface area contributed by atoms with Crippen LogP contribution in [0, 0.1) is 11.3 Å². The van der Waals surface area contributed by atoms with Gasteiger partial charge in [0.05, 0.1) is 0 Å². The maximum absolute atomic E-state index is 12.5. The van der Waals surface area contributed by atoms with Gasteiger partial charge in [0.25, 0.3) is 0 Å². The van der Waals surface area contributed by atoms with E-state index in [2.05, 4.69) is 0 Å². The lowest BCUT2D eigenvalue weighted by Gasteiger charge is -2.42. The summed E-state index contributed by atoms with van der Waals surface area (Å²) in [6.07, 6.45) is 4.31. The highest BCUT2D eigenvalue weighted by molar-refractivity contribution is 6.11. The zero-order valence-electron chi connectivity index (χ0n) is 10.5. The molecule has 0 aliphatic heterocycles. The van der Waals surface area contributed by atoms with E-state index in [-0.39, 0.29) is 17.1 Å². The third kappa shape index (κ3) is 1.64. The smallest absolute Gasteiger partial charge is 0.189 e. The summed E-state index contributed by atoms with van der Waals surface area (Å²) in [5.41, 5.74) is 1.34. The van der Waals surface area contributed by atoms with Crippen molar-refractivity contribution in [2.24, 2.45) is 11.3 Å². The Kier molecular flexibility index (Phi) is 2.47. The normalized spacial score (nSPS) is 30.2. The number of Topliss-reactive ketones (excluding diaryl/α,β-unsaturated/α-hetero) is 2. The van der Waals surface area contributed by atoms with Crippen molar-refractivity contribution in [3.63, 3.8) is 0 Å². The van der Waals surface area contributed by atoms with Gasteiger partial charge in [-0.25, -0.2) is 0 Å². The van der Waals surface area contributed by atoms with Gasteiger partial charge in [-0.3, -0.25) is 9.59 Å². The van der Waals surface area contributed by atoms with E-state index in [0.717, 1.165) is 24.0 Å². The molecule has 0 amide bonds. The quantitative estimate of drug-likeness (QED) is 0.744. The maximum Gasteiger partial charge on any atom is 0.189 e. The molecular formula is C16H16O2. The van der Waals surface area contributed by atoms with Crippen molar-refractivity contribution in [1.82, 2.24) is 0 Å². The summed E-state index contributed by atoms with van der Waals surface area (Å²) in [7, 11) is 0. The summed E-state index contributed by atoms with van der Waals surface area (Å²) < 4.78 is 0. The Balaban J connectivity index is 2.01. The maximum atomic E-state index is 12.5. The van der Waals surface area contributed by atoms with E-state index in [9.17, 15) is 9.59 Å². The molecule has 1 fully saturated rings. The van der Waals surface area contributed by atoms with Crippen LogP contribution < -0.4 is 0 Å². The minimum atomic E-state index is -0.237. The van der Waals surface area contributed by atoms with Crippen LogP contribution in [0.5, 0.6) is 0 Å². The summed E-state index contributed by atoms with van der Waals surface area (Å²) in [6, 6.07) is 9.35. The lowest BCUT2D eigenvalue weighted by molar-refractivity contribution is -0.126. The summed E-state index contributed by atoms with van der Waals surface area (Å²) in [4.78, 5) is 24.3. The molecule has 0 radical (unpaired) electrons. The standard InChI is InChI=1S/C16H16O2/c1-16-8-7-12(14(17)10-16)9-13(16)15(18)11-5-3-2-4-6-11/h2-6,9,12H,7-8,10H2,1H3/t12-,16-/m1/s1. The van der Waals surface area contributed by atoms with Gasteiger partial charge in [0, 0.05) is 28.9 Å². The monoisotopic (exact) mass is 240 g/mol. The Morgan fingerprint density at radius 1 is 1.28 bits per heavy atom. The van der Waals surface area contributed by atoms with Gasteiger partial charge in [-0.2, -0.15) is 0 Å². The van der Waals surface area contributed by atoms with Gasteiger partial charge in [0.2, 0.25) is 0 Å². The highest BCUT2D eigenvalue weighted by Crippen LogP contribution is 2.49. The second-order valence-corrected chi connectivity index (χ2v) is 5.62. The fourth-order valence-corrected chi connectivity index (χ4v) is 3.14. The summed E-state index contributed by atoms with van der Waals surface area (Å²) in [5, 5.41) is 0. The lowest BCUT2D eigenvalue weighted by Crippen LogP contribution is -2.40. The number of ketones is 2. The van der Waals surface area contributed by atoms with Crippen LogP contribution in [0.25, 0.3) is 0 Å². The van der Waals surface area contributed by atoms with E-state index in [1.54, 1.807) is 0 Å². The molecule has 0 saturated heterocycles. The second-order valence-electron chi connectivity index (χ2n) is 5.62. The van der Waals surface area contributed by atoms with Crippen molar-refractivity contribution in [1.29, 1.82) is 0 Å². The average molecular weight is 240 g/mol. The largest absolute Gasteiger partial charge is 0.299 e. The van der Waals surface area contributed by atoms with Crippen LogP contribution in [0.15, 0.2) is 42.0 Å². The third-order valence-electron chi connectivity index (χ3n) is 4.28. The van der Waals surface area contributed by atoms with E-state index in [4.69, 9.17) is 0 Å². The van der Waals surface area contributed by atoms with Crippen LogP contribution in [0.1, 0.15) is 36.5 Å². The highest BCUT2D eigenvalue weighted by Gasteiger charge is 2.45. The number of rotatable bonds is 2. The van der Waals surface area contributed by atoms with E-state index >= 15 is 0 Å². The number of hydrogen-bond donors (Lipinski definition) is 0. The first kappa shape index (κ1) is 11.4. The van der Waals surface area contributed by atoms with E-state index in [0.29, 0.717) is 12.2 Å². The molecule has 0 heterocycles. The van der Waals surface area contributed by atoms with Crippen molar-refractivity contribution < 1.29 is 9.59 Å². The number of fused-ring (bicyclic) bond motifs is 2. The van der Waals surface area contributed by atoms with Crippen molar-refractivity contribution in [3.05, 3.63) is 47.5 Å². The summed E-state index contributed by atoms with van der Waals surface area (Å²) in [6.45, 7) is 2.05. The number of allylic oxidation sites excluding steroid dienone is 2. The number of benzene rings is 1. The molecule has 1 saturated carbocycles. The molecule has 2 heteroatoms. The summed E-state index contributed by atoms with van der Waals surface area (Å²) in [5.74, 6) is 0.373. The average Bonchev–Trinajstić information content (AvgIpc) is 2.38. The summed E-state index contributed by atoms with van der Waals surface area (Å²) >= 11 is 0. The molecule has 0 unspecified atom stereocenters. The molecular weight excluding hydrogens is 224 g/mol. The second kappa shape index (κ2) is 3.91. The molecule has 3 aliphatic carbocycles.